The maximum Gasteiger partial charge on any atom is 0.300 e. The Hall–Kier alpha value is -1.66. The van der Waals surface area contributed by atoms with Crippen LogP contribution in [0.4, 0.5) is 5.69 Å². The lowest BCUT2D eigenvalue weighted by molar-refractivity contribution is -0.385. The van der Waals surface area contributed by atoms with Crippen molar-refractivity contribution in [1.82, 2.24) is 10.2 Å². The van der Waals surface area contributed by atoms with Gasteiger partial charge in [-0.3, -0.25) is 14.9 Å². The molecule has 0 bridgehead atoms. The highest BCUT2D eigenvalue weighted by Gasteiger charge is 2.23. The number of likely N-dealkylation sites (N-methyl/N-ethyl adjacent to an activating group) is 1. The van der Waals surface area contributed by atoms with Crippen LogP contribution in [0.5, 0.6) is 0 Å². The first-order chi connectivity index (χ1) is 10.0. The first-order valence-corrected chi connectivity index (χ1v) is 7.32. The molecule has 1 N–H and O–H groups in total. The number of nitro groups is 1. The van der Waals surface area contributed by atoms with E-state index >= 15 is 0 Å². The summed E-state index contributed by atoms with van der Waals surface area (Å²) in [6, 6.07) is 4.33. The SMILES string of the molecule is CCCN(CC)CCNC(=O)c1cccc(Cl)c1[N+](=O)[O-]. The highest BCUT2D eigenvalue weighted by atomic mass is 35.5. The number of para-hydroxylation sites is 1. The van der Waals surface area contributed by atoms with E-state index in [1.165, 1.54) is 18.2 Å². The number of amides is 1. The summed E-state index contributed by atoms with van der Waals surface area (Å²) in [7, 11) is 0. The molecule has 0 aromatic heterocycles. The van der Waals surface area contributed by atoms with Crippen LogP contribution in [-0.4, -0.2) is 41.9 Å². The molecule has 0 fully saturated rings. The van der Waals surface area contributed by atoms with Gasteiger partial charge >= 0.3 is 5.69 Å². The predicted molar refractivity (Wildman–Crippen MR) is 82.8 cm³/mol. The van der Waals surface area contributed by atoms with E-state index in [0.29, 0.717) is 13.1 Å². The first-order valence-electron chi connectivity index (χ1n) is 6.94. The topological polar surface area (TPSA) is 75.5 Å². The molecule has 0 spiro atoms. The van der Waals surface area contributed by atoms with Crippen molar-refractivity contribution in [1.29, 1.82) is 0 Å². The molecule has 0 unspecified atom stereocenters. The van der Waals surface area contributed by atoms with E-state index in [4.69, 9.17) is 11.6 Å². The van der Waals surface area contributed by atoms with Crippen LogP contribution in [-0.2, 0) is 0 Å². The van der Waals surface area contributed by atoms with Crippen molar-refractivity contribution in [2.45, 2.75) is 20.3 Å². The number of rotatable bonds is 8. The molecule has 6 nitrogen and oxygen atoms in total. The van der Waals surface area contributed by atoms with Crippen LogP contribution in [0.3, 0.4) is 0 Å². The molecular formula is C14H20ClN3O3. The molecule has 0 aliphatic rings. The Morgan fingerprint density at radius 3 is 2.67 bits per heavy atom. The molecule has 0 saturated heterocycles. The third-order valence-electron chi connectivity index (χ3n) is 3.11. The molecule has 0 radical (unpaired) electrons. The van der Waals surface area contributed by atoms with E-state index in [1.807, 2.05) is 0 Å². The number of nitro benzene ring substituents is 1. The van der Waals surface area contributed by atoms with E-state index in [2.05, 4.69) is 24.1 Å². The standard InChI is InChI=1S/C14H20ClN3O3/c1-3-9-17(4-2)10-8-16-14(19)11-6-5-7-12(15)13(11)18(20)21/h5-7H,3-4,8-10H2,1-2H3,(H,16,19). The van der Waals surface area contributed by atoms with Crippen molar-refractivity contribution in [3.8, 4) is 0 Å². The third-order valence-corrected chi connectivity index (χ3v) is 3.42. The van der Waals surface area contributed by atoms with Gasteiger partial charge in [0, 0.05) is 13.1 Å². The number of halogens is 1. The zero-order valence-corrected chi connectivity index (χ0v) is 13.0. The number of hydrogen-bond acceptors (Lipinski definition) is 4. The molecule has 0 heterocycles. The van der Waals surface area contributed by atoms with E-state index in [1.54, 1.807) is 0 Å². The highest BCUT2D eigenvalue weighted by molar-refractivity contribution is 6.33. The van der Waals surface area contributed by atoms with Crippen molar-refractivity contribution in [3.63, 3.8) is 0 Å². The smallest absolute Gasteiger partial charge is 0.300 e. The second-order valence-corrected chi connectivity index (χ2v) is 4.99. The summed E-state index contributed by atoms with van der Waals surface area (Å²) in [5.74, 6) is -0.475. The number of hydrogen-bond donors (Lipinski definition) is 1. The van der Waals surface area contributed by atoms with Gasteiger partial charge in [-0.05, 0) is 31.6 Å². The zero-order chi connectivity index (χ0) is 15.8. The number of nitrogens with zero attached hydrogens (tertiary/aromatic N) is 2. The molecule has 0 aliphatic carbocycles. The molecule has 21 heavy (non-hydrogen) atoms. The summed E-state index contributed by atoms with van der Waals surface area (Å²) >= 11 is 5.79. The van der Waals surface area contributed by atoms with Gasteiger partial charge in [-0.1, -0.05) is 31.5 Å². The first kappa shape index (κ1) is 17.4. The van der Waals surface area contributed by atoms with Crippen molar-refractivity contribution in [2.75, 3.05) is 26.2 Å². The lowest BCUT2D eigenvalue weighted by Crippen LogP contribution is -2.35. The molecule has 7 heteroatoms. The van der Waals surface area contributed by atoms with Crippen molar-refractivity contribution >= 4 is 23.2 Å². The van der Waals surface area contributed by atoms with E-state index in [0.717, 1.165) is 19.5 Å². The minimum atomic E-state index is -0.632. The molecule has 0 saturated carbocycles. The molecule has 1 amide bonds. The maximum atomic E-state index is 12.1. The predicted octanol–water partition coefficient (Wildman–Crippen LogP) is 2.71. The maximum absolute atomic E-state index is 12.1. The summed E-state index contributed by atoms with van der Waals surface area (Å²) in [4.78, 5) is 24.6. The molecule has 1 aromatic rings. The zero-order valence-electron chi connectivity index (χ0n) is 12.3. The second kappa shape index (κ2) is 8.59. The van der Waals surface area contributed by atoms with Crippen LogP contribution >= 0.6 is 11.6 Å². The van der Waals surface area contributed by atoms with Gasteiger partial charge in [0.25, 0.3) is 5.91 Å². The fourth-order valence-electron chi connectivity index (χ4n) is 2.05. The normalized spacial score (nSPS) is 10.7. The van der Waals surface area contributed by atoms with E-state index in [-0.39, 0.29) is 16.3 Å². The van der Waals surface area contributed by atoms with Gasteiger partial charge in [0.2, 0.25) is 0 Å². The third kappa shape index (κ3) is 4.99. The number of carbonyl (C=O) groups excluding carboxylic acids is 1. The Morgan fingerprint density at radius 1 is 1.38 bits per heavy atom. The molecule has 0 aliphatic heterocycles. The largest absolute Gasteiger partial charge is 0.351 e. The van der Waals surface area contributed by atoms with Crippen LogP contribution in [0.15, 0.2) is 18.2 Å². The molecule has 0 atom stereocenters. The average molecular weight is 314 g/mol. The van der Waals surface area contributed by atoms with Gasteiger partial charge in [0.1, 0.15) is 10.6 Å². The lowest BCUT2D eigenvalue weighted by atomic mass is 10.1. The van der Waals surface area contributed by atoms with Crippen LogP contribution in [0.2, 0.25) is 5.02 Å². The monoisotopic (exact) mass is 313 g/mol. The van der Waals surface area contributed by atoms with E-state index in [9.17, 15) is 14.9 Å². The molecular weight excluding hydrogens is 294 g/mol. The summed E-state index contributed by atoms with van der Waals surface area (Å²) in [6.45, 7) is 7.17. The minimum absolute atomic E-state index is 0.00830. The number of benzene rings is 1. The Labute approximate surface area is 129 Å². The van der Waals surface area contributed by atoms with Crippen LogP contribution < -0.4 is 5.32 Å². The van der Waals surface area contributed by atoms with Crippen LogP contribution in [0, 0.1) is 10.1 Å². The van der Waals surface area contributed by atoms with Gasteiger partial charge < -0.3 is 10.2 Å². The van der Waals surface area contributed by atoms with Gasteiger partial charge in [0.15, 0.2) is 0 Å². The average Bonchev–Trinajstić information content (AvgIpc) is 2.45. The molecule has 1 rings (SSSR count). The summed E-state index contributed by atoms with van der Waals surface area (Å²) < 4.78 is 0. The number of carbonyl (C=O) groups is 1. The Balaban J connectivity index is 2.68. The number of nitrogens with one attached hydrogen (secondary N) is 1. The van der Waals surface area contributed by atoms with E-state index < -0.39 is 10.8 Å². The second-order valence-electron chi connectivity index (χ2n) is 4.58. The Kier molecular flexibility index (Phi) is 7.11. The quantitative estimate of drug-likeness (QED) is 0.591. The summed E-state index contributed by atoms with van der Waals surface area (Å²) in [5.41, 5.74) is -0.358. The van der Waals surface area contributed by atoms with Gasteiger partial charge in [-0.2, -0.15) is 0 Å². The Bertz CT molecular complexity index is 508. The fraction of sp³-hybridized carbons (Fsp3) is 0.500. The van der Waals surface area contributed by atoms with Crippen LogP contribution in [0.25, 0.3) is 0 Å². The fourth-order valence-corrected chi connectivity index (χ4v) is 2.29. The van der Waals surface area contributed by atoms with Crippen molar-refractivity contribution in [2.24, 2.45) is 0 Å². The minimum Gasteiger partial charge on any atom is -0.351 e. The van der Waals surface area contributed by atoms with Gasteiger partial charge in [-0.15, -0.1) is 0 Å². The summed E-state index contributed by atoms with van der Waals surface area (Å²) in [6.07, 6.45) is 1.04. The van der Waals surface area contributed by atoms with Crippen molar-refractivity contribution < 1.29 is 9.72 Å². The highest BCUT2D eigenvalue weighted by Crippen LogP contribution is 2.27. The lowest BCUT2D eigenvalue weighted by Gasteiger charge is -2.19. The summed E-state index contributed by atoms with van der Waals surface area (Å²) in [5, 5.41) is 13.7. The molecule has 116 valence electrons. The van der Waals surface area contributed by atoms with Gasteiger partial charge in [0.05, 0.1) is 4.92 Å². The van der Waals surface area contributed by atoms with Gasteiger partial charge in [-0.25, -0.2) is 0 Å². The van der Waals surface area contributed by atoms with Crippen molar-refractivity contribution in [3.05, 3.63) is 38.9 Å². The van der Waals surface area contributed by atoms with Crippen LogP contribution in [0.1, 0.15) is 30.6 Å². The Morgan fingerprint density at radius 2 is 2.10 bits per heavy atom. The molecule has 1 aromatic carbocycles.